The maximum Gasteiger partial charge on any atom is 0.0662 e. The van der Waals surface area contributed by atoms with Crippen LogP contribution in [0.2, 0.25) is 0 Å². The average molecular weight is 176 g/mol. The fourth-order valence-electron chi connectivity index (χ4n) is 1.22. The maximum atomic E-state index is 7.62. The van der Waals surface area contributed by atoms with E-state index < -0.39 is 0 Å². The number of aliphatic hydroxyl groups is 2. The molecule has 0 rings (SSSR count). The summed E-state index contributed by atoms with van der Waals surface area (Å²) in [7, 11) is 0. The van der Waals surface area contributed by atoms with Gasteiger partial charge in [0.25, 0.3) is 0 Å². The van der Waals surface area contributed by atoms with Crippen LogP contribution in [0.5, 0.6) is 0 Å². The molecule has 0 radical (unpaired) electrons. The summed E-state index contributed by atoms with van der Waals surface area (Å²) in [6.45, 7) is 11.1. The molecular weight excluding hydrogens is 152 g/mol. The number of hydrogen-bond donors (Lipinski definition) is 2. The molecule has 76 valence electrons. The van der Waals surface area contributed by atoms with Crippen molar-refractivity contribution < 1.29 is 10.2 Å². The van der Waals surface area contributed by atoms with E-state index in [9.17, 15) is 0 Å². The Bertz CT molecular complexity index is 80.3. The molecule has 0 amide bonds. The summed E-state index contributed by atoms with van der Waals surface area (Å²) < 4.78 is 0. The molecule has 0 aliphatic heterocycles. The zero-order valence-electron chi connectivity index (χ0n) is 9.09. The summed E-state index contributed by atoms with van der Waals surface area (Å²) in [6, 6.07) is 0. The Morgan fingerprint density at radius 3 is 1.33 bits per heavy atom. The van der Waals surface area contributed by atoms with Crippen LogP contribution in [0.25, 0.3) is 0 Å². The molecule has 0 bridgehead atoms. The standard InChI is InChI=1S/C8H18.C2H6O2/c1-7(2)6-8(3,4)5;3-1-2-4/h7H,6H2,1-5H3;3-4H,1-2H2. The Hall–Kier alpha value is -0.0800. The monoisotopic (exact) mass is 176 g/mol. The lowest BCUT2D eigenvalue weighted by Gasteiger charge is -2.19. The fourth-order valence-corrected chi connectivity index (χ4v) is 1.22. The van der Waals surface area contributed by atoms with Crippen molar-refractivity contribution in [1.29, 1.82) is 0 Å². The van der Waals surface area contributed by atoms with Crippen LogP contribution in [0.3, 0.4) is 0 Å². The highest BCUT2D eigenvalue weighted by atomic mass is 16.3. The SMILES string of the molecule is CC(C)CC(C)(C)C.OCCO. The van der Waals surface area contributed by atoms with Gasteiger partial charge in [-0.25, -0.2) is 0 Å². The summed E-state index contributed by atoms with van der Waals surface area (Å²) in [6.07, 6.45) is 1.33. The molecule has 0 unspecified atom stereocenters. The van der Waals surface area contributed by atoms with Gasteiger partial charge in [-0.3, -0.25) is 0 Å². The molecule has 0 aromatic rings. The van der Waals surface area contributed by atoms with Crippen molar-refractivity contribution in [1.82, 2.24) is 0 Å². The van der Waals surface area contributed by atoms with Crippen LogP contribution in [0.15, 0.2) is 0 Å². The smallest absolute Gasteiger partial charge is 0.0662 e. The molecule has 0 aliphatic rings. The van der Waals surface area contributed by atoms with Crippen molar-refractivity contribution in [2.24, 2.45) is 11.3 Å². The van der Waals surface area contributed by atoms with Crippen LogP contribution >= 0.6 is 0 Å². The number of hydrogen-bond acceptors (Lipinski definition) is 2. The predicted octanol–water partition coefficient (Wildman–Crippen LogP) is 2.05. The lowest BCUT2D eigenvalue weighted by Crippen LogP contribution is -2.08. The highest BCUT2D eigenvalue weighted by Crippen LogP contribution is 2.23. The van der Waals surface area contributed by atoms with Crippen molar-refractivity contribution >= 4 is 0 Å². The van der Waals surface area contributed by atoms with Crippen molar-refractivity contribution in [3.05, 3.63) is 0 Å². The molecule has 0 aromatic carbocycles. The van der Waals surface area contributed by atoms with E-state index in [1.165, 1.54) is 6.42 Å². The second-order valence-corrected chi connectivity index (χ2v) is 4.61. The molecule has 0 saturated carbocycles. The Morgan fingerprint density at radius 2 is 1.33 bits per heavy atom. The summed E-state index contributed by atoms with van der Waals surface area (Å²) >= 11 is 0. The van der Waals surface area contributed by atoms with E-state index in [4.69, 9.17) is 10.2 Å². The van der Waals surface area contributed by atoms with E-state index in [2.05, 4.69) is 34.6 Å². The van der Waals surface area contributed by atoms with Crippen LogP contribution in [0.1, 0.15) is 41.0 Å². The third kappa shape index (κ3) is 22.5. The van der Waals surface area contributed by atoms with Gasteiger partial charge in [-0.2, -0.15) is 0 Å². The fraction of sp³-hybridized carbons (Fsp3) is 1.00. The molecule has 2 nitrogen and oxygen atoms in total. The summed E-state index contributed by atoms with van der Waals surface area (Å²) in [5.41, 5.74) is 0.522. The van der Waals surface area contributed by atoms with E-state index in [0.29, 0.717) is 5.41 Å². The topological polar surface area (TPSA) is 40.5 Å². The highest BCUT2D eigenvalue weighted by molar-refractivity contribution is 4.62. The number of aliphatic hydroxyl groups excluding tert-OH is 2. The largest absolute Gasteiger partial charge is 0.394 e. The molecule has 2 N–H and O–H groups in total. The van der Waals surface area contributed by atoms with E-state index >= 15 is 0 Å². The molecule has 0 aliphatic carbocycles. The van der Waals surface area contributed by atoms with Crippen LogP contribution in [0, 0.1) is 11.3 Å². The minimum atomic E-state index is -0.125. The van der Waals surface area contributed by atoms with Gasteiger partial charge in [0, 0.05) is 0 Å². The van der Waals surface area contributed by atoms with Gasteiger partial charge in [-0.15, -0.1) is 0 Å². The summed E-state index contributed by atoms with van der Waals surface area (Å²) in [4.78, 5) is 0. The molecule has 2 heteroatoms. The van der Waals surface area contributed by atoms with Gasteiger partial charge in [0.1, 0.15) is 0 Å². The van der Waals surface area contributed by atoms with Crippen molar-refractivity contribution in [2.75, 3.05) is 13.2 Å². The van der Waals surface area contributed by atoms with Crippen molar-refractivity contribution in [3.63, 3.8) is 0 Å². The van der Waals surface area contributed by atoms with Gasteiger partial charge in [-0.1, -0.05) is 34.6 Å². The zero-order valence-corrected chi connectivity index (χ0v) is 9.09. The van der Waals surface area contributed by atoms with E-state index in [1.807, 2.05) is 0 Å². The molecule has 0 fully saturated rings. The van der Waals surface area contributed by atoms with Gasteiger partial charge >= 0.3 is 0 Å². The van der Waals surface area contributed by atoms with Gasteiger partial charge in [0.05, 0.1) is 13.2 Å². The first-order chi connectivity index (χ1) is 5.33. The van der Waals surface area contributed by atoms with Crippen LogP contribution in [-0.4, -0.2) is 23.4 Å². The van der Waals surface area contributed by atoms with Crippen LogP contribution in [-0.2, 0) is 0 Å². The third-order valence-electron chi connectivity index (χ3n) is 1.12. The Labute approximate surface area is 76.6 Å². The van der Waals surface area contributed by atoms with Gasteiger partial charge in [0.15, 0.2) is 0 Å². The first-order valence-corrected chi connectivity index (χ1v) is 4.55. The number of rotatable bonds is 2. The van der Waals surface area contributed by atoms with E-state index in [1.54, 1.807) is 0 Å². The average Bonchev–Trinajstić information content (AvgIpc) is 1.83. The van der Waals surface area contributed by atoms with Gasteiger partial charge in [0.2, 0.25) is 0 Å². The summed E-state index contributed by atoms with van der Waals surface area (Å²) in [5, 5.41) is 15.2. The second-order valence-electron chi connectivity index (χ2n) is 4.61. The van der Waals surface area contributed by atoms with E-state index in [0.717, 1.165) is 5.92 Å². The third-order valence-corrected chi connectivity index (χ3v) is 1.12. The molecule has 0 saturated heterocycles. The zero-order chi connectivity index (χ0) is 10.2. The first kappa shape index (κ1) is 14.4. The van der Waals surface area contributed by atoms with Crippen molar-refractivity contribution in [2.45, 2.75) is 41.0 Å². The summed E-state index contributed by atoms with van der Waals surface area (Å²) in [5.74, 6) is 0.843. The molecule has 0 heterocycles. The van der Waals surface area contributed by atoms with Crippen molar-refractivity contribution in [3.8, 4) is 0 Å². The molecular formula is C10H24O2. The molecule has 0 aromatic heterocycles. The maximum absolute atomic E-state index is 7.62. The normalized spacial score (nSPS) is 11.0. The minimum Gasteiger partial charge on any atom is -0.394 e. The Balaban J connectivity index is 0. The highest BCUT2D eigenvalue weighted by Gasteiger charge is 2.11. The van der Waals surface area contributed by atoms with Crippen LogP contribution in [0.4, 0.5) is 0 Å². The molecule has 0 spiro atoms. The lowest BCUT2D eigenvalue weighted by atomic mass is 9.86. The molecule has 0 atom stereocenters. The lowest BCUT2D eigenvalue weighted by molar-refractivity contribution is 0.186. The quantitative estimate of drug-likeness (QED) is 0.676. The minimum absolute atomic E-state index is 0.125. The van der Waals surface area contributed by atoms with E-state index in [-0.39, 0.29) is 13.2 Å². The van der Waals surface area contributed by atoms with Gasteiger partial charge in [-0.05, 0) is 17.8 Å². The Kier molecular flexibility index (Phi) is 9.10. The first-order valence-electron chi connectivity index (χ1n) is 4.55. The second kappa shape index (κ2) is 7.56. The van der Waals surface area contributed by atoms with Crippen LogP contribution < -0.4 is 0 Å². The Morgan fingerprint density at radius 1 is 1.00 bits per heavy atom. The molecule has 12 heavy (non-hydrogen) atoms. The predicted molar refractivity (Wildman–Crippen MR) is 53.1 cm³/mol. The van der Waals surface area contributed by atoms with Gasteiger partial charge < -0.3 is 10.2 Å².